The third-order valence-electron chi connectivity index (χ3n) is 14.3. The minimum Gasteiger partial charge on any atom is -0.310 e. The fourth-order valence-electron chi connectivity index (χ4n) is 11.1. The normalized spacial score (nSPS) is 12.5. The summed E-state index contributed by atoms with van der Waals surface area (Å²) in [4.78, 5) is 2.36. The smallest absolute Gasteiger partial charge is 0.0714 e. The van der Waals surface area contributed by atoms with Crippen LogP contribution in [0.2, 0.25) is 0 Å². The van der Waals surface area contributed by atoms with Crippen molar-refractivity contribution >= 4 is 38.9 Å². The summed E-state index contributed by atoms with van der Waals surface area (Å²) in [6.45, 7) is 0. The van der Waals surface area contributed by atoms with Crippen molar-refractivity contribution in [2.45, 2.75) is 5.41 Å². The Hall–Kier alpha value is -8.98. The summed E-state index contributed by atoms with van der Waals surface area (Å²) in [5.74, 6) is 0. The Labute approximate surface area is 403 Å². The Bertz CT molecular complexity index is 3760. The lowest BCUT2D eigenvalue weighted by Gasteiger charge is -2.34. The van der Waals surface area contributed by atoms with Gasteiger partial charge in [0.05, 0.1) is 16.4 Å². The van der Waals surface area contributed by atoms with Gasteiger partial charge in [0.25, 0.3) is 0 Å². The van der Waals surface area contributed by atoms with Gasteiger partial charge >= 0.3 is 0 Å². The van der Waals surface area contributed by atoms with Crippen molar-refractivity contribution in [3.63, 3.8) is 0 Å². The minimum absolute atomic E-state index is 0.492. The van der Waals surface area contributed by atoms with Gasteiger partial charge in [-0.3, -0.25) is 0 Å². The lowest BCUT2D eigenvalue weighted by atomic mass is 9.67. The molecule has 1 aliphatic rings. The molecule has 1 aromatic heterocycles. The van der Waals surface area contributed by atoms with Crippen molar-refractivity contribution in [1.82, 2.24) is 4.57 Å². The van der Waals surface area contributed by atoms with Gasteiger partial charge in [-0.25, -0.2) is 0 Å². The summed E-state index contributed by atoms with van der Waals surface area (Å²) >= 11 is 0. The van der Waals surface area contributed by atoms with Crippen LogP contribution in [0.15, 0.2) is 279 Å². The first-order valence-corrected chi connectivity index (χ1v) is 23.8. The van der Waals surface area contributed by atoms with E-state index in [9.17, 15) is 0 Å². The standard InChI is InChI=1S/C67H46N2/c1-5-18-47(19-6-1)48-32-34-49(35-33-48)50-36-39-56(40-37-50)68(55-25-11-4-12-26-55)57-27-17-20-51(44-57)52-38-42-62-61-29-14-16-31-65(61)69(66(62)45-52)58-41-43-60-59-28-13-15-30-63(59)67(64(60)46-58,53-21-7-2-8-22-53)54-23-9-3-10-24-54/h1-46H. The van der Waals surface area contributed by atoms with Crippen molar-refractivity contribution in [2.24, 2.45) is 0 Å². The average Bonchev–Trinajstić information content (AvgIpc) is 3.92. The number of hydrogen-bond donors (Lipinski definition) is 0. The summed E-state index contributed by atoms with van der Waals surface area (Å²) in [5, 5.41) is 2.46. The van der Waals surface area contributed by atoms with Gasteiger partial charge in [-0.05, 0) is 127 Å². The van der Waals surface area contributed by atoms with Crippen LogP contribution in [0.3, 0.4) is 0 Å². The van der Waals surface area contributed by atoms with E-state index >= 15 is 0 Å². The second-order valence-electron chi connectivity index (χ2n) is 18.1. The molecule has 0 atom stereocenters. The predicted molar refractivity (Wildman–Crippen MR) is 289 cm³/mol. The largest absolute Gasteiger partial charge is 0.310 e. The van der Waals surface area contributed by atoms with Gasteiger partial charge in [-0.2, -0.15) is 0 Å². The predicted octanol–water partition coefficient (Wildman–Crippen LogP) is 17.6. The molecule has 0 spiro atoms. The van der Waals surface area contributed by atoms with Crippen molar-refractivity contribution in [2.75, 3.05) is 4.90 Å². The lowest BCUT2D eigenvalue weighted by Crippen LogP contribution is -2.28. The molecule has 11 aromatic carbocycles. The summed E-state index contributed by atoms with van der Waals surface area (Å²) in [7, 11) is 0. The van der Waals surface area contributed by atoms with E-state index in [1.807, 2.05) is 0 Å². The number of aromatic nitrogens is 1. The fraction of sp³-hybridized carbons (Fsp3) is 0.0149. The molecule has 0 unspecified atom stereocenters. The molecular formula is C67H46N2. The molecule has 0 fully saturated rings. The number of nitrogens with zero attached hydrogens (tertiary/aromatic N) is 2. The highest BCUT2D eigenvalue weighted by Gasteiger charge is 2.46. The molecule has 0 N–H and O–H groups in total. The highest BCUT2D eigenvalue weighted by molar-refractivity contribution is 6.10. The van der Waals surface area contributed by atoms with E-state index in [4.69, 9.17) is 0 Å². The molecule has 12 aromatic rings. The molecule has 69 heavy (non-hydrogen) atoms. The number of hydrogen-bond acceptors (Lipinski definition) is 1. The van der Waals surface area contributed by atoms with Crippen LogP contribution < -0.4 is 4.90 Å². The highest BCUT2D eigenvalue weighted by atomic mass is 15.1. The number of rotatable bonds is 9. The van der Waals surface area contributed by atoms with E-state index in [1.54, 1.807) is 0 Å². The van der Waals surface area contributed by atoms with Crippen molar-refractivity contribution < 1.29 is 0 Å². The number of benzene rings is 11. The fourth-order valence-corrected chi connectivity index (χ4v) is 11.1. The van der Waals surface area contributed by atoms with E-state index in [-0.39, 0.29) is 0 Å². The van der Waals surface area contributed by atoms with E-state index in [1.165, 1.54) is 77.4 Å². The molecule has 2 nitrogen and oxygen atoms in total. The maximum absolute atomic E-state index is 2.48. The molecule has 0 amide bonds. The monoisotopic (exact) mass is 878 g/mol. The molecule has 324 valence electrons. The second kappa shape index (κ2) is 16.7. The number of fused-ring (bicyclic) bond motifs is 6. The van der Waals surface area contributed by atoms with Crippen LogP contribution >= 0.6 is 0 Å². The quantitative estimate of drug-likeness (QED) is 0.140. The average molecular weight is 879 g/mol. The zero-order valence-electron chi connectivity index (χ0n) is 38.0. The molecule has 0 radical (unpaired) electrons. The van der Waals surface area contributed by atoms with Gasteiger partial charge in [0, 0.05) is 33.5 Å². The molecular weight excluding hydrogens is 833 g/mol. The van der Waals surface area contributed by atoms with Gasteiger partial charge in [0.15, 0.2) is 0 Å². The second-order valence-corrected chi connectivity index (χ2v) is 18.1. The van der Waals surface area contributed by atoms with E-state index in [2.05, 4.69) is 289 Å². The van der Waals surface area contributed by atoms with E-state index in [0.29, 0.717) is 0 Å². The zero-order chi connectivity index (χ0) is 45.7. The highest BCUT2D eigenvalue weighted by Crippen LogP contribution is 2.56. The van der Waals surface area contributed by atoms with Crippen LogP contribution in [0, 0.1) is 0 Å². The Morgan fingerprint density at radius 3 is 1.45 bits per heavy atom. The first kappa shape index (κ1) is 40.3. The van der Waals surface area contributed by atoms with Gasteiger partial charge in [-0.1, -0.05) is 218 Å². The molecule has 2 heteroatoms. The van der Waals surface area contributed by atoms with E-state index in [0.717, 1.165) is 33.9 Å². The Morgan fingerprint density at radius 1 is 0.275 bits per heavy atom. The van der Waals surface area contributed by atoms with Crippen LogP contribution in [-0.2, 0) is 5.41 Å². The van der Waals surface area contributed by atoms with Crippen molar-refractivity contribution in [3.8, 4) is 50.2 Å². The molecule has 0 saturated heterocycles. The van der Waals surface area contributed by atoms with Gasteiger partial charge < -0.3 is 9.47 Å². The molecule has 0 saturated carbocycles. The van der Waals surface area contributed by atoms with Crippen LogP contribution in [0.4, 0.5) is 17.1 Å². The molecule has 0 bridgehead atoms. The van der Waals surface area contributed by atoms with Crippen LogP contribution in [-0.4, -0.2) is 4.57 Å². The van der Waals surface area contributed by atoms with Gasteiger partial charge in [0.2, 0.25) is 0 Å². The summed E-state index contributed by atoms with van der Waals surface area (Å²) in [5.41, 5.74) is 21.1. The Morgan fingerprint density at radius 2 is 0.754 bits per heavy atom. The SMILES string of the molecule is c1ccc(-c2ccc(-c3ccc(N(c4ccccc4)c4cccc(-c5ccc6c7ccccc7n(-c7ccc8c(c7)C(c7ccccc7)(c7ccccc7)c7ccccc7-8)c6c5)c4)cc3)cc2)cc1. The van der Waals surface area contributed by atoms with E-state index < -0.39 is 5.41 Å². The lowest BCUT2D eigenvalue weighted by molar-refractivity contribution is 0.767. The summed E-state index contributed by atoms with van der Waals surface area (Å²) < 4.78 is 2.48. The van der Waals surface area contributed by atoms with Gasteiger partial charge in [0.1, 0.15) is 0 Å². The van der Waals surface area contributed by atoms with Crippen LogP contribution in [0.25, 0.3) is 72.0 Å². The Balaban J connectivity index is 0.922. The van der Waals surface area contributed by atoms with Gasteiger partial charge in [-0.15, -0.1) is 0 Å². The minimum atomic E-state index is -0.492. The third kappa shape index (κ3) is 6.72. The van der Waals surface area contributed by atoms with Crippen LogP contribution in [0.5, 0.6) is 0 Å². The third-order valence-corrected chi connectivity index (χ3v) is 14.3. The van der Waals surface area contributed by atoms with Crippen molar-refractivity contribution in [3.05, 3.63) is 301 Å². The summed E-state index contributed by atoms with van der Waals surface area (Å²) in [6.07, 6.45) is 0. The maximum Gasteiger partial charge on any atom is 0.0714 e. The number of para-hydroxylation sites is 2. The van der Waals surface area contributed by atoms with Crippen molar-refractivity contribution in [1.29, 1.82) is 0 Å². The maximum atomic E-state index is 2.48. The Kier molecular flexibility index (Phi) is 9.77. The van der Waals surface area contributed by atoms with Crippen LogP contribution in [0.1, 0.15) is 22.3 Å². The molecule has 1 heterocycles. The number of anilines is 3. The summed E-state index contributed by atoms with van der Waals surface area (Å²) in [6, 6.07) is 102. The molecule has 13 rings (SSSR count). The molecule has 0 aliphatic heterocycles. The first-order chi connectivity index (χ1) is 34.2. The first-order valence-electron chi connectivity index (χ1n) is 23.8. The topological polar surface area (TPSA) is 8.17 Å². The zero-order valence-corrected chi connectivity index (χ0v) is 38.0. The molecule has 1 aliphatic carbocycles.